The summed E-state index contributed by atoms with van der Waals surface area (Å²) in [6.07, 6.45) is 1.71. The van der Waals surface area contributed by atoms with Crippen LogP contribution >= 0.6 is 12.4 Å². The second-order valence-corrected chi connectivity index (χ2v) is 6.13. The van der Waals surface area contributed by atoms with Gasteiger partial charge < -0.3 is 14.7 Å². The molecule has 1 atom stereocenters. The molecule has 1 N–H and O–H groups in total. The van der Waals surface area contributed by atoms with Crippen LogP contribution in [0.1, 0.15) is 24.3 Å². The third-order valence-corrected chi connectivity index (χ3v) is 4.41. The largest absolute Gasteiger partial charge is 0.341 e. The number of aryl methyl sites for hydroxylation is 2. The van der Waals surface area contributed by atoms with E-state index in [1.807, 2.05) is 7.05 Å². The van der Waals surface area contributed by atoms with Crippen molar-refractivity contribution < 1.29 is 13.7 Å². The standard InChI is InChI=1S/C17H21FN4O2.ClH/c1-11-9-12(3-4-14(11)18)17-20-15(24-21-17)5-6-16(23)22(2)13-7-8-19-10-13;/h3-4,9,13,19H,5-8,10H2,1-2H3;1H. The molecule has 0 bridgehead atoms. The number of hydrogen-bond donors (Lipinski definition) is 1. The normalized spacial score (nSPS) is 16.5. The third kappa shape index (κ3) is 4.55. The van der Waals surface area contributed by atoms with Gasteiger partial charge in [-0.05, 0) is 43.7 Å². The first-order chi connectivity index (χ1) is 11.5. The highest BCUT2D eigenvalue weighted by atomic mass is 35.5. The van der Waals surface area contributed by atoms with Gasteiger partial charge in [-0.15, -0.1) is 12.4 Å². The van der Waals surface area contributed by atoms with E-state index in [9.17, 15) is 9.18 Å². The predicted molar refractivity (Wildman–Crippen MR) is 94.0 cm³/mol. The average Bonchev–Trinajstić information content (AvgIpc) is 3.26. The number of amides is 1. The highest BCUT2D eigenvalue weighted by molar-refractivity contribution is 5.85. The summed E-state index contributed by atoms with van der Waals surface area (Å²) in [6.45, 7) is 3.48. The van der Waals surface area contributed by atoms with E-state index in [2.05, 4.69) is 15.5 Å². The fraction of sp³-hybridized carbons (Fsp3) is 0.471. The Bertz CT molecular complexity index is 731. The van der Waals surface area contributed by atoms with Gasteiger partial charge in [0.1, 0.15) is 5.82 Å². The molecule has 1 aromatic heterocycles. The van der Waals surface area contributed by atoms with Crippen molar-refractivity contribution in [2.45, 2.75) is 32.2 Å². The minimum atomic E-state index is -0.266. The van der Waals surface area contributed by atoms with E-state index >= 15 is 0 Å². The van der Waals surface area contributed by atoms with Gasteiger partial charge >= 0.3 is 0 Å². The van der Waals surface area contributed by atoms with E-state index in [1.165, 1.54) is 6.07 Å². The highest BCUT2D eigenvalue weighted by Gasteiger charge is 2.23. The van der Waals surface area contributed by atoms with Crippen LogP contribution in [0.5, 0.6) is 0 Å². The van der Waals surface area contributed by atoms with Gasteiger partial charge in [0, 0.05) is 38.0 Å². The molecule has 136 valence electrons. The van der Waals surface area contributed by atoms with Crippen LogP contribution in [0.3, 0.4) is 0 Å². The van der Waals surface area contributed by atoms with Crippen molar-refractivity contribution in [3.8, 4) is 11.4 Å². The number of likely N-dealkylation sites (N-methyl/N-ethyl adjacent to an activating group) is 1. The SMILES string of the molecule is Cc1cc(-c2noc(CCC(=O)N(C)C3CCNC3)n2)ccc1F.Cl. The lowest BCUT2D eigenvalue weighted by Crippen LogP contribution is -2.38. The number of hydrogen-bond acceptors (Lipinski definition) is 5. The Balaban J connectivity index is 0.00000225. The van der Waals surface area contributed by atoms with Crippen molar-refractivity contribution in [3.05, 3.63) is 35.5 Å². The molecular weight excluding hydrogens is 347 g/mol. The quantitative estimate of drug-likeness (QED) is 0.877. The molecule has 0 spiro atoms. The fourth-order valence-electron chi connectivity index (χ4n) is 2.82. The number of aromatic nitrogens is 2. The van der Waals surface area contributed by atoms with Gasteiger partial charge in [-0.3, -0.25) is 4.79 Å². The molecule has 0 aliphatic carbocycles. The molecule has 2 heterocycles. The van der Waals surface area contributed by atoms with E-state index < -0.39 is 0 Å². The molecule has 1 unspecified atom stereocenters. The van der Waals surface area contributed by atoms with Crippen LogP contribution in [0.2, 0.25) is 0 Å². The Morgan fingerprint density at radius 1 is 1.48 bits per heavy atom. The smallest absolute Gasteiger partial charge is 0.227 e. The highest BCUT2D eigenvalue weighted by Crippen LogP contribution is 2.19. The monoisotopic (exact) mass is 368 g/mol. The zero-order valence-corrected chi connectivity index (χ0v) is 15.1. The van der Waals surface area contributed by atoms with E-state index in [4.69, 9.17) is 4.52 Å². The first-order valence-corrected chi connectivity index (χ1v) is 8.10. The third-order valence-electron chi connectivity index (χ3n) is 4.41. The maximum Gasteiger partial charge on any atom is 0.227 e. The summed E-state index contributed by atoms with van der Waals surface area (Å²) in [6, 6.07) is 4.94. The van der Waals surface area contributed by atoms with Crippen molar-refractivity contribution >= 4 is 18.3 Å². The van der Waals surface area contributed by atoms with Gasteiger partial charge in [-0.2, -0.15) is 4.98 Å². The zero-order chi connectivity index (χ0) is 17.1. The molecule has 3 rings (SSSR count). The number of rotatable bonds is 5. The number of halogens is 2. The lowest BCUT2D eigenvalue weighted by molar-refractivity contribution is -0.131. The van der Waals surface area contributed by atoms with Crippen LogP contribution < -0.4 is 5.32 Å². The Morgan fingerprint density at radius 2 is 2.28 bits per heavy atom. The van der Waals surface area contributed by atoms with Crippen molar-refractivity contribution in [3.63, 3.8) is 0 Å². The van der Waals surface area contributed by atoms with Crippen LogP contribution in [0.25, 0.3) is 11.4 Å². The molecular formula is C17H22ClFN4O2. The lowest BCUT2D eigenvalue weighted by Gasteiger charge is -2.23. The summed E-state index contributed by atoms with van der Waals surface area (Å²) < 4.78 is 18.5. The van der Waals surface area contributed by atoms with Crippen LogP contribution in [0.15, 0.2) is 22.7 Å². The Labute approximate surface area is 152 Å². The van der Waals surface area contributed by atoms with Crippen molar-refractivity contribution in [1.29, 1.82) is 0 Å². The Morgan fingerprint density at radius 3 is 2.96 bits per heavy atom. The predicted octanol–water partition coefficient (Wildman–Crippen LogP) is 2.36. The van der Waals surface area contributed by atoms with E-state index in [0.29, 0.717) is 35.7 Å². The molecule has 1 aliphatic heterocycles. The van der Waals surface area contributed by atoms with Crippen LogP contribution in [-0.2, 0) is 11.2 Å². The molecule has 1 aromatic carbocycles. The summed E-state index contributed by atoms with van der Waals surface area (Å²) >= 11 is 0. The van der Waals surface area contributed by atoms with E-state index in [0.717, 1.165) is 19.5 Å². The minimum absolute atomic E-state index is 0. The summed E-state index contributed by atoms with van der Waals surface area (Å²) in [5.41, 5.74) is 1.23. The molecule has 1 aliphatic rings. The molecule has 0 saturated carbocycles. The van der Waals surface area contributed by atoms with E-state index in [-0.39, 0.29) is 30.2 Å². The molecule has 25 heavy (non-hydrogen) atoms. The maximum atomic E-state index is 13.3. The molecule has 0 radical (unpaired) electrons. The van der Waals surface area contributed by atoms with Gasteiger partial charge in [-0.1, -0.05) is 5.16 Å². The Kier molecular flexibility index (Phi) is 6.50. The average molecular weight is 369 g/mol. The van der Waals surface area contributed by atoms with Crippen molar-refractivity contribution in [1.82, 2.24) is 20.4 Å². The summed E-state index contributed by atoms with van der Waals surface area (Å²) in [7, 11) is 1.83. The number of nitrogens with one attached hydrogen (secondary N) is 1. The van der Waals surface area contributed by atoms with Crippen LogP contribution in [-0.4, -0.2) is 47.1 Å². The summed E-state index contributed by atoms with van der Waals surface area (Å²) in [5, 5.41) is 7.16. The first-order valence-electron chi connectivity index (χ1n) is 8.10. The van der Waals surface area contributed by atoms with Crippen LogP contribution in [0, 0.1) is 12.7 Å². The second kappa shape index (κ2) is 8.40. The zero-order valence-electron chi connectivity index (χ0n) is 14.3. The molecule has 6 nitrogen and oxygen atoms in total. The molecule has 8 heteroatoms. The van der Waals surface area contributed by atoms with E-state index in [1.54, 1.807) is 24.0 Å². The molecule has 2 aromatic rings. The number of benzene rings is 1. The topological polar surface area (TPSA) is 71.3 Å². The van der Waals surface area contributed by atoms with Gasteiger partial charge in [0.2, 0.25) is 17.6 Å². The Hall–Kier alpha value is -1.99. The van der Waals surface area contributed by atoms with Gasteiger partial charge in [0.25, 0.3) is 0 Å². The van der Waals surface area contributed by atoms with Gasteiger partial charge in [-0.25, -0.2) is 4.39 Å². The fourth-order valence-corrected chi connectivity index (χ4v) is 2.82. The molecule has 1 saturated heterocycles. The van der Waals surface area contributed by atoms with Gasteiger partial charge in [0.15, 0.2) is 0 Å². The minimum Gasteiger partial charge on any atom is -0.341 e. The summed E-state index contributed by atoms with van der Waals surface area (Å²) in [5.74, 6) is 0.630. The molecule has 1 fully saturated rings. The number of carbonyl (C=O) groups excluding carboxylic acids is 1. The van der Waals surface area contributed by atoms with Crippen molar-refractivity contribution in [2.75, 3.05) is 20.1 Å². The lowest BCUT2D eigenvalue weighted by atomic mass is 10.1. The molecule has 1 amide bonds. The summed E-state index contributed by atoms with van der Waals surface area (Å²) in [4.78, 5) is 18.3. The van der Waals surface area contributed by atoms with Crippen molar-refractivity contribution in [2.24, 2.45) is 0 Å². The number of nitrogens with zero attached hydrogens (tertiary/aromatic N) is 3. The maximum absolute atomic E-state index is 13.3. The first kappa shape index (κ1) is 19.3. The number of carbonyl (C=O) groups is 1. The second-order valence-electron chi connectivity index (χ2n) is 6.13. The van der Waals surface area contributed by atoms with Crippen LogP contribution in [0.4, 0.5) is 4.39 Å². The van der Waals surface area contributed by atoms with Gasteiger partial charge in [0.05, 0.1) is 0 Å².